The van der Waals surface area contributed by atoms with Crippen LogP contribution >= 0.6 is 0 Å². The normalized spacial score (nSPS) is 19.4. The second kappa shape index (κ2) is 7.93. The number of benzene rings is 2. The first-order valence-corrected chi connectivity index (χ1v) is 12.0. The Balaban J connectivity index is 1.36. The van der Waals surface area contributed by atoms with Gasteiger partial charge in [-0.25, -0.2) is 8.42 Å². The summed E-state index contributed by atoms with van der Waals surface area (Å²) in [6, 6.07) is 16.6. The molecule has 0 aliphatic carbocycles. The Kier molecular flexibility index (Phi) is 5.08. The van der Waals surface area contributed by atoms with Gasteiger partial charge in [-0.15, -0.1) is 0 Å². The molecule has 0 radical (unpaired) electrons. The Morgan fingerprint density at radius 3 is 2.84 bits per heavy atom. The highest BCUT2D eigenvalue weighted by Crippen LogP contribution is 2.32. The standard InChI is InChI=1S/C24H23N5O2S/c1-17-9-19(16-29(17)32(30,31)23-4-2-3-18(10-23)12-25)15-28-8-7-21-11-20(5-6-24(21)28)22-13-26-27-14-22/h2-8,10-11,13-14,17,19H,9,15-16H2,1H3,(H,26,27)/t17-,19+/m1/s1. The average molecular weight is 446 g/mol. The third kappa shape index (κ3) is 3.60. The highest BCUT2D eigenvalue weighted by molar-refractivity contribution is 7.89. The molecule has 3 heterocycles. The SMILES string of the molecule is C[C@@H]1C[C@@H](Cn2ccc3cc(-c4cn[nH]c4)ccc32)CN1S(=O)(=O)c1cccc(C#N)c1. The fourth-order valence-corrected chi connectivity index (χ4v) is 6.43. The van der Waals surface area contributed by atoms with E-state index in [1.165, 1.54) is 6.07 Å². The molecule has 2 aromatic heterocycles. The number of nitrogens with zero attached hydrogens (tertiary/aromatic N) is 4. The largest absolute Gasteiger partial charge is 0.347 e. The predicted octanol–water partition coefficient (Wildman–Crippen LogP) is 4.00. The molecule has 4 aromatic rings. The number of fused-ring (bicyclic) bond motifs is 1. The molecular formula is C24H23N5O2S. The van der Waals surface area contributed by atoms with Gasteiger partial charge in [-0.2, -0.15) is 14.7 Å². The van der Waals surface area contributed by atoms with E-state index in [0.717, 1.165) is 35.0 Å². The van der Waals surface area contributed by atoms with Gasteiger partial charge in [0, 0.05) is 48.0 Å². The number of aromatic nitrogens is 3. The van der Waals surface area contributed by atoms with Gasteiger partial charge in [0.1, 0.15) is 0 Å². The van der Waals surface area contributed by atoms with Crippen molar-refractivity contribution in [3.63, 3.8) is 0 Å². The monoisotopic (exact) mass is 445 g/mol. The molecule has 0 unspecified atom stereocenters. The van der Waals surface area contributed by atoms with Gasteiger partial charge < -0.3 is 4.57 Å². The van der Waals surface area contributed by atoms with Gasteiger partial charge in [0.25, 0.3) is 0 Å². The highest BCUT2D eigenvalue weighted by Gasteiger charge is 2.38. The zero-order valence-corrected chi connectivity index (χ0v) is 18.5. The minimum atomic E-state index is -3.64. The number of H-pyrrole nitrogens is 1. The van der Waals surface area contributed by atoms with Crippen LogP contribution in [0.15, 0.2) is 72.0 Å². The highest BCUT2D eigenvalue weighted by atomic mass is 32.2. The van der Waals surface area contributed by atoms with Crippen molar-refractivity contribution in [1.29, 1.82) is 5.26 Å². The number of rotatable bonds is 5. The van der Waals surface area contributed by atoms with Gasteiger partial charge in [-0.05, 0) is 61.2 Å². The number of nitriles is 1. The Labute approximate surface area is 187 Å². The maximum Gasteiger partial charge on any atom is 0.243 e. The molecule has 1 saturated heterocycles. The third-order valence-electron chi connectivity index (χ3n) is 6.23. The molecule has 2 atom stereocenters. The molecule has 0 bridgehead atoms. The molecule has 1 fully saturated rings. The van der Waals surface area contributed by atoms with Crippen molar-refractivity contribution < 1.29 is 8.42 Å². The van der Waals surface area contributed by atoms with Crippen LogP contribution in [0.1, 0.15) is 18.9 Å². The second-order valence-corrected chi connectivity index (χ2v) is 10.3. The first-order chi connectivity index (χ1) is 15.5. The van der Waals surface area contributed by atoms with Crippen molar-refractivity contribution in [1.82, 2.24) is 19.1 Å². The molecule has 1 aliphatic heterocycles. The Morgan fingerprint density at radius 2 is 2.06 bits per heavy atom. The van der Waals surface area contributed by atoms with Gasteiger partial charge in [0.2, 0.25) is 10.0 Å². The van der Waals surface area contributed by atoms with Crippen LogP contribution in [0.4, 0.5) is 0 Å². The van der Waals surface area contributed by atoms with Crippen LogP contribution in [0.5, 0.6) is 0 Å². The summed E-state index contributed by atoms with van der Waals surface area (Å²) in [4.78, 5) is 0.183. The minimum absolute atomic E-state index is 0.0924. The molecular weight excluding hydrogens is 422 g/mol. The molecule has 7 nitrogen and oxygen atoms in total. The van der Waals surface area contributed by atoms with Gasteiger partial charge >= 0.3 is 0 Å². The lowest BCUT2D eigenvalue weighted by atomic mass is 10.1. The van der Waals surface area contributed by atoms with Crippen molar-refractivity contribution in [2.75, 3.05) is 6.54 Å². The van der Waals surface area contributed by atoms with Crippen LogP contribution in [0, 0.1) is 17.2 Å². The quantitative estimate of drug-likeness (QED) is 0.502. The molecule has 2 aromatic carbocycles. The van der Waals surface area contributed by atoms with E-state index in [9.17, 15) is 8.42 Å². The van der Waals surface area contributed by atoms with Gasteiger partial charge in [-0.1, -0.05) is 12.1 Å². The summed E-state index contributed by atoms with van der Waals surface area (Å²) >= 11 is 0. The van der Waals surface area contributed by atoms with Crippen molar-refractivity contribution in [3.8, 4) is 17.2 Å². The van der Waals surface area contributed by atoms with Crippen LogP contribution in [0.2, 0.25) is 0 Å². The van der Waals surface area contributed by atoms with E-state index in [-0.39, 0.29) is 16.9 Å². The summed E-state index contributed by atoms with van der Waals surface area (Å²) < 4.78 is 30.2. The summed E-state index contributed by atoms with van der Waals surface area (Å²) in [6.07, 6.45) is 6.55. The van der Waals surface area contributed by atoms with E-state index in [2.05, 4.69) is 45.2 Å². The van der Waals surface area contributed by atoms with E-state index in [1.807, 2.05) is 19.2 Å². The van der Waals surface area contributed by atoms with Crippen LogP contribution in [0.3, 0.4) is 0 Å². The number of nitrogens with one attached hydrogen (secondary N) is 1. The molecule has 1 N–H and O–H groups in total. The van der Waals surface area contributed by atoms with Crippen molar-refractivity contribution in [2.24, 2.45) is 5.92 Å². The molecule has 162 valence electrons. The Bertz CT molecular complexity index is 1420. The zero-order chi connectivity index (χ0) is 22.3. The summed E-state index contributed by atoms with van der Waals surface area (Å²) in [7, 11) is -3.64. The Hall–Kier alpha value is -3.41. The van der Waals surface area contributed by atoms with E-state index in [0.29, 0.717) is 12.1 Å². The summed E-state index contributed by atoms with van der Waals surface area (Å²) in [6.45, 7) is 3.17. The smallest absolute Gasteiger partial charge is 0.243 e. The first kappa shape index (κ1) is 20.5. The number of hydrogen-bond donors (Lipinski definition) is 1. The molecule has 5 rings (SSSR count). The number of sulfonamides is 1. The van der Waals surface area contributed by atoms with Gasteiger partial charge in [0.05, 0.1) is 22.7 Å². The molecule has 0 saturated carbocycles. The lowest BCUT2D eigenvalue weighted by Gasteiger charge is -2.21. The summed E-state index contributed by atoms with van der Waals surface area (Å²) in [5.74, 6) is 0.211. The van der Waals surface area contributed by atoms with Crippen LogP contribution in [-0.4, -0.2) is 40.1 Å². The first-order valence-electron chi connectivity index (χ1n) is 10.6. The van der Waals surface area contributed by atoms with Gasteiger partial charge in [-0.3, -0.25) is 5.10 Å². The lowest BCUT2D eigenvalue weighted by molar-refractivity contribution is 0.399. The topological polar surface area (TPSA) is 94.8 Å². The lowest BCUT2D eigenvalue weighted by Crippen LogP contribution is -2.34. The van der Waals surface area contributed by atoms with Gasteiger partial charge in [0.15, 0.2) is 0 Å². The van der Waals surface area contributed by atoms with E-state index in [4.69, 9.17) is 5.26 Å². The molecule has 0 spiro atoms. The number of hydrogen-bond acceptors (Lipinski definition) is 4. The fraction of sp³-hybridized carbons (Fsp3) is 0.250. The van der Waals surface area contributed by atoms with E-state index < -0.39 is 10.0 Å². The maximum atomic E-state index is 13.2. The summed E-state index contributed by atoms with van der Waals surface area (Å²) in [5, 5.41) is 17.1. The van der Waals surface area contributed by atoms with E-state index >= 15 is 0 Å². The molecule has 32 heavy (non-hydrogen) atoms. The third-order valence-corrected chi connectivity index (χ3v) is 8.21. The van der Waals surface area contributed by atoms with Crippen molar-refractivity contribution in [2.45, 2.75) is 30.8 Å². The Morgan fingerprint density at radius 1 is 1.19 bits per heavy atom. The van der Waals surface area contributed by atoms with Crippen molar-refractivity contribution in [3.05, 3.63) is 72.7 Å². The van der Waals surface area contributed by atoms with Crippen LogP contribution in [0.25, 0.3) is 22.0 Å². The van der Waals surface area contributed by atoms with E-state index in [1.54, 1.807) is 28.7 Å². The zero-order valence-electron chi connectivity index (χ0n) is 17.6. The number of aromatic amines is 1. The molecule has 0 amide bonds. The fourth-order valence-electron chi connectivity index (χ4n) is 4.66. The van der Waals surface area contributed by atoms with Crippen molar-refractivity contribution >= 4 is 20.9 Å². The molecule has 1 aliphatic rings. The summed E-state index contributed by atoms with van der Waals surface area (Å²) in [5.41, 5.74) is 3.64. The maximum absolute atomic E-state index is 13.2. The molecule has 8 heteroatoms. The van der Waals surface area contributed by atoms with Crippen LogP contribution < -0.4 is 0 Å². The van der Waals surface area contributed by atoms with Crippen LogP contribution in [-0.2, 0) is 16.6 Å². The predicted molar refractivity (Wildman–Crippen MR) is 122 cm³/mol. The average Bonchev–Trinajstić information content (AvgIpc) is 3.54. The second-order valence-electron chi connectivity index (χ2n) is 8.39. The minimum Gasteiger partial charge on any atom is -0.347 e.